The van der Waals surface area contributed by atoms with Gasteiger partial charge in [0.15, 0.2) is 0 Å². The molecule has 0 aliphatic heterocycles. The Morgan fingerprint density at radius 2 is 2.06 bits per heavy atom. The highest BCUT2D eigenvalue weighted by Gasteiger charge is 2.25. The van der Waals surface area contributed by atoms with Crippen LogP contribution in [0.4, 0.5) is 0 Å². The van der Waals surface area contributed by atoms with Crippen molar-refractivity contribution < 1.29 is 4.74 Å². The highest BCUT2D eigenvalue weighted by Crippen LogP contribution is 2.27. The van der Waals surface area contributed by atoms with Gasteiger partial charge in [-0.15, -0.1) is 0 Å². The lowest BCUT2D eigenvalue weighted by atomic mass is 9.87. The summed E-state index contributed by atoms with van der Waals surface area (Å²) in [5, 5.41) is 9.79. The van der Waals surface area contributed by atoms with Crippen LogP contribution in [0.2, 0.25) is 5.02 Å². The van der Waals surface area contributed by atoms with Crippen molar-refractivity contribution >= 4 is 11.6 Å². The Balaban J connectivity index is 1.93. The number of benzene rings is 1. The van der Waals surface area contributed by atoms with E-state index in [2.05, 4.69) is 6.07 Å². The van der Waals surface area contributed by atoms with E-state index in [0.717, 1.165) is 36.3 Å². The molecule has 90 valence electrons. The molecule has 3 heteroatoms. The average molecular weight is 250 g/mol. The second kappa shape index (κ2) is 6.05. The van der Waals surface area contributed by atoms with Crippen molar-refractivity contribution in [1.29, 1.82) is 5.26 Å². The van der Waals surface area contributed by atoms with Gasteiger partial charge in [-0.2, -0.15) is 5.26 Å². The number of nitriles is 1. The molecule has 1 saturated carbocycles. The first-order valence-electron chi connectivity index (χ1n) is 6.06. The van der Waals surface area contributed by atoms with Crippen LogP contribution in [0, 0.1) is 17.2 Å². The summed E-state index contributed by atoms with van der Waals surface area (Å²) in [6.45, 7) is 0.503. The van der Waals surface area contributed by atoms with Gasteiger partial charge in [0, 0.05) is 5.02 Å². The van der Waals surface area contributed by atoms with Gasteiger partial charge >= 0.3 is 0 Å². The van der Waals surface area contributed by atoms with Gasteiger partial charge in [0.2, 0.25) is 0 Å². The molecule has 0 bridgehead atoms. The molecule has 2 unspecified atom stereocenters. The van der Waals surface area contributed by atoms with Crippen molar-refractivity contribution in [2.45, 2.75) is 38.4 Å². The molecule has 1 aromatic rings. The summed E-state index contributed by atoms with van der Waals surface area (Å²) in [5.74, 6) is 0.0474. The number of hydrogen-bond donors (Lipinski definition) is 0. The Morgan fingerprint density at radius 1 is 1.29 bits per heavy atom. The van der Waals surface area contributed by atoms with Crippen molar-refractivity contribution in [3.63, 3.8) is 0 Å². The normalized spacial score (nSPS) is 24.2. The Kier molecular flexibility index (Phi) is 4.42. The smallest absolute Gasteiger partial charge is 0.0737 e. The van der Waals surface area contributed by atoms with Gasteiger partial charge in [0.05, 0.1) is 24.7 Å². The summed E-state index contributed by atoms with van der Waals surface area (Å²) < 4.78 is 5.85. The Bertz CT molecular complexity index is 413. The van der Waals surface area contributed by atoms with Gasteiger partial charge in [-0.3, -0.25) is 0 Å². The zero-order valence-corrected chi connectivity index (χ0v) is 10.5. The van der Waals surface area contributed by atoms with Crippen molar-refractivity contribution in [3.05, 3.63) is 34.9 Å². The lowest BCUT2D eigenvalue weighted by Gasteiger charge is -2.26. The molecule has 0 radical (unpaired) electrons. The van der Waals surface area contributed by atoms with Crippen LogP contribution in [0.1, 0.15) is 31.2 Å². The van der Waals surface area contributed by atoms with E-state index in [1.165, 1.54) is 0 Å². The van der Waals surface area contributed by atoms with E-state index in [-0.39, 0.29) is 12.0 Å². The minimum Gasteiger partial charge on any atom is -0.372 e. The van der Waals surface area contributed by atoms with Crippen molar-refractivity contribution in [1.82, 2.24) is 0 Å². The molecule has 17 heavy (non-hydrogen) atoms. The van der Waals surface area contributed by atoms with Gasteiger partial charge < -0.3 is 4.74 Å². The molecule has 0 N–H and O–H groups in total. The van der Waals surface area contributed by atoms with Gasteiger partial charge in [0.1, 0.15) is 0 Å². The van der Waals surface area contributed by atoms with Crippen LogP contribution in [0.3, 0.4) is 0 Å². The predicted molar refractivity (Wildman–Crippen MR) is 67.6 cm³/mol. The number of hydrogen-bond acceptors (Lipinski definition) is 2. The molecule has 0 heterocycles. The second-order valence-electron chi connectivity index (χ2n) is 4.46. The van der Waals surface area contributed by atoms with Gasteiger partial charge in [-0.25, -0.2) is 0 Å². The van der Waals surface area contributed by atoms with Crippen LogP contribution in [-0.4, -0.2) is 6.10 Å². The molecule has 1 aliphatic rings. The van der Waals surface area contributed by atoms with Crippen LogP contribution in [-0.2, 0) is 11.3 Å². The molecule has 1 aliphatic carbocycles. The SMILES string of the molecule is N#CC1CCCCC1OCc1ccccc1Cl. The van der Waals surface area contributed by atoms with Crippen LogP contribution >= 0.6 is 11.6 Å². The maximum atomic E-state index is 9.06. The molecule has 0 amide bonds. The fourth-order valence-corrected chi connectivity index (χ4v) is 2.45. The van der Waals surface area contributed by atoms with Gasteiger partial charge in [-0.05, 0) is 24.5 Å². The molecule has 1 fully saturated rings. The summed E-state index contributed by atoms with van der Waals surface area (Å²) in [7, 11) is 0. The summed E-state index contributed by atoms with van der Waals surface area (Å²) >= 11 is 6.07. The van der Waals surface area contributed by atoms with E-state index >= 15 is 0 Å². The summed E-state index contributed by atoms with van der Waals surface area (Å²) in [6.07, 6.45) is 4.33. The largest absolute Gasteiger partial charge is 0.372 e. The monoisotopic (exact) mass is 249 g/mol. The van der Waals surface area contributed by atoms with E-state index in [9.17, 15) is 0 Å². The Labute approximate surface area is 107 Å². The zero-order valence-electron chi connectivity index (χ0n) is 9.73. The third-order valence-electron chi connectivity index (χ3n) is 3.28. The molecule has 2 nitrogen and oxygen atoms in total. The Morgan fingerprint density at radius 3 is 2.82 bits per heavy atom. The van der Waals surface area contributed by atoms with Crippen LogP contribution in [0.15, 0.2) is 24.3 Å². The number of rotatable bonds is 3. The molecule has 0 spiro atoms. The maximum absolute atomic E-state index is 9.06. The van der Waals surface area contributed by atoms with E-state index in [0.29, 0.717) is 6.61 Å². The topological polar surface area (TPSA) is 33.0 Å². The van der Waals surface area contributed by atoms with Crippen molar-refractivity contribution in [2.24, 2.45) is 5.92 Å². The average Bonchev–Trinajstić information content (AvgIpc) is 2.38. The van der Waals surface area contributed by atoms with Crippen LogP contribution in [0.25, 0.3) is 0 Å². The lowest BCUT2D eigenvalue weighted by Crippen LogP contribution is -2.26. The summed E-state index contributed by atoms with van der Waals surface area (Å²) in [4.78, 5) is 0. The van der Waals surface area contributed by atoms with E-state index in [1.807, 2.05) is 24.3 Å². The molecular weight excluding hydrogens is 234 g/mol. The van der Waals surface area contributed by atoms with Crippen molar-refractivity contribution in [3.8, 4) is 6.07 Å². The maximum Gasteiger partial charge on any atom is 0.0737 e. The molecule has 1 aromatic carbocycles. The Hall–Kier alpha value is -1.04. The fraction of sp³-hybridized carbons (Fsp3) is 0.500. The number of nitrogens with zero attached hydrogens (tertiary/aromatic N) is 1. The van der Waals surface area contributed by atoms with Crippen LogP contribution < -0.4 is 0 Å². The molecule has 0 aromatic heterocycles. The third kappa shape index (κ3) is 3.21. The van der Waals surface area contributed by atoms with E-state index in [1.54, 1.807) is 0 Å². The standard InChI is InChI=1S/C14H16ClNO/c15-13-7-3-1-6-12(13)10-17-14-8-4-2-5-11(14)9-16/h1,3,6-7,11,14H,2,4-5,8,10H2. The molecule has 2 atom stereocenters. The minimum atomic E-state index is 0.0474. The second-order valence-corrected chi connectivity index (χ2v) is 4.87. The van der Waals surface area contributed by atoms with Gasteiger partial charge in [0.25, 0.3) is 0 Å². The molecule has 2 rings (SSSR count). The van der Waals surface area contributed by atoms with Crippen LogP contribution in [0.5, 0.6) is 0 Å². The van der Waals surface area contributed by atoms with Gasteiger partial charge in [-0.1, -0.05) is 42.6 Å². The molecular formula is C14H16ClNO. The minimum absolute atomic E-state index is 0.0474. The molecule has 0 saturated heterocycles. The quantitative estimate of drug-likeness (QED) is 0.813. The summed E-state index contributed by atoms with van der Waals surface area (Å²) in [5.41, 5.74) is 0.997. The highest BCUT2D eigenvalue weighted by atomic mass is 35.5. The summed E-state index contributed by atoms with van der Waals surface area (Å²) in [6, 6.07) is 10.0. The fourth-order valence-electron chi connectivity index (χ4n) is 2.26. The highest BCUT2D eigenvalue weighted by molar-refractivity contribution is 6.31. The zero-order chi connectivity index (χ0) is 12.1. The number of ether oxygens (including phenoxy) is 1. The predicted octanol–water partition coefficient (Wildman–Crippen LogP) is 3.94. The van der Waals surface area contributed by atoms with Crippen molar-refractivity contribution in [2.75, 3.05) is 0 Å². The third-order valence-corrected chi connectivity index (χ3v) is 3.65. The first kappa shape index (κ1) is 12.4. The van der Waals surface area contributed by atoms with E-state index < -0.39 is 0 Å². The first-order valence-corrected chi connectivity index (χ1v) is 6.43. The first-order chi connectivity index (χ1) is 8.31. The van der Waals surface area contributed by atoms with E-state index in [4.69, 9.17) is 21.6 Å². The lowest BCUT2D eigenvalue weighted by molar-refractivity contribution is -0.00487. The number of halogens is 1.